The van der Waals surface area contributed by atoms with E-state index in [0.29, 0.717) is 0 Å². The highest BCUT2D eigenvalue weighted by atomic mass is 16.5. The smallest absolute Gasteiger partial charge is 0.151 e. The first-order chi connectivity index (χ1) is 11.2. The first kappa shape index (κ1) is 12.8. The lowest BCUT2D eigenvalue weighted by Gasteiger charge is -2.27. The summed E-state index contributed by atoms with van der Waals surface area (Å²) in [7, 11) is 0. The van der Waals surface area contributed by atoms with Crippen molar-refractivity contribution in [2.45, 2.75) is 18.9 Å². The SMILES string of the molecule is CC12CC=c3ccccc3=C1c1c(c(N)cc3ccccc13)O2. The van der Waals surface area contributed by atoms with Crippen molar-refractivity contribution >= 4 is 28.1 Å². The van der Waals surface area contributed by atoms with Gasteiger partial charge in [0.25, 0.3) is 0 Å². The third-order valence-electron chi connectivity index (χ3n) is 5.08. The molecule has 2 nitrogen and oxygen atoms in total. The Hall–Kier alpha value is -2.74. The first-order valence-corrected chi connectivity index (χ1v) is 7.98. The molecular formula is C21H17NO. The van der Waals surface area contributed by atoms with Gasteiger partial charge >= 0.3 is 0 Å². The van der Waals surface area contributed by atoms with Crippen molar-refractivity contribution in [3.05, 3.63) is 70.6 Å². The van der Waals surface area contributed by atoms with E-state index in [1.807, 2.05) is 6.07 Å². The molecule has 1 atom stereocenters. The Bertz CT molecular complexity index is 1100. The Morgan fingerprint density at radius 3 is 2.74 bits per heavy atom. The number of rotatable bonds is 0. The molecule has 2 aliphatic rings. The van der Waals surface area contributed by atoms with E-state index in [-0.39, 0.29) is 5.60 Å². The maximum absolute atomic E-state index is 6.40. The van der Waals surface area contributed by atoms with Crippen LogP contribution in [0.3, 0.4) is 0 Å². The van der Waals surface area contributed by atoms with Crippen LogP contribution in [0, 0.1) is 0 Å². The van der Waals surface area contributed by atoms with Gasteiger partial charge in [0, 0.05) is 17.6 Å². The number of hydrogen-bond acceptors (Lipinski definition) is 2. The van der Waals surface area contributed by atoms with Crippen molar-refractivity contribution in [3.63, 3.8) is 0 Å². The van der Waals surface area contributed by atoms with Crippen molar-refractivity contribution in [2.24, 2.45) is 0 Å². The minimum atomic E-state index is -0.338. The van der Waals surface area contributed by atoms with Crippen LogP contribution in [0.15, 0.2) is 54.6 Å². The van der Waals surface area contributed by atoms with Crippen LogP contribution in [0.5, 0.6) is 5.75 Å². The highest BCUT2D eigenvalue weighted by molar-refractivity contribution is 6.03. The average molecular weight is 299 g/mol. The molecule has 1 unspecified atom stereocenters. The number of hydrogen-bond donors (Lipinski definition) is 1. The van der Waals surface area contributed by atoms with Gasteiger partial charge in [-0.25, -0.2) is 0 Å². The number of anilines is 1. The molecule has 112 valence electrons. The molecule has 0 fully saturated rings. The summed E-state index contributed by atoms with van der Waals surface area (Å²) < 4.78 is 6.40. The zero-order chi connectivity index (χ0) is 15.6. The molecular weight excluding hydrogens is 282 g/mol. The van der Waals surface area contributed by atoms with Crippen LogP contribution < -0.4 is 20.9 Å². The molecule has 3 aromatic rings. The van der Waals surface area contributed by atoms with Crippen molar-refractivity contribution in [1.82, 2.24) is 0 Å². The highest BCUT2D eigenvalue weighted by Crippen LogP contribution is 2.51. The summed E-state index contributed by atoms with van der Waals surface area (Å²) in [6.45, 7) is 2.17. The van der Waals surface area contributed by atoms with Crippen molar-refractivity contribution < 1.29 is 4.74 Å². The van der Waals surface area contributed by atoms with Gasteiger partial charge in [-0.2, -0.15) is 0 Å². The molecule has 0 saturated carbocycles. The molecule has 0 saturated heterocycles. The first-order valence-electron chi connectivity index (χ1n) is 7.98. The van der Waals surface area contributed by atoms with E-state index in [4.69, 9.17) is 10.5 Å². The lowest BCUT2D eigenvalue weighted by atomic mass is 9.82. The van der Waals surface area contributed by atoms with Gasteiger partial charge in [-0.15, -0.1) is 0 Å². The minimum Gasteiger partial charge on any atom is -0.480 e. The molecule has 2 N–H and O–H groups in total. The topological polar surface area (TPSA) is 35.2 Å². The molecule has 0 amide bonds. The predicted octanol–water partition coefficient (Wildman–Crippen LogP) is 2.96. The molecule has 1 aliphatic heterocycles. The molecule has 1 heterocycles. The molecule has 3 aromatic carbocycles. The number of nitrogen functional groups attached to an aromatic ring is 1. The van der Waals surface area contributed by atoms with Crippen LogP contribution >= 0.6 is 0 Å². The molecule has 1 aliphatic carbocycles. The largest absolute Gasteiger partial charge is 0.480 e. The van der Waals surface area contributed by atoms with Crippen LogP contribution in [0.4, 0.5) is 5.69 Å². The minimum absolute atomic E-state index is 0.338. The Labute approximate surface area is 134 Å². The van der Waals surface area contributed by atoms with Gasteiger partial charge in [0.15, 0.2) is 5.75 Å². The van der Waals surface area contributed by atoms with E-state index in [1.54, 1.807) is 0 Å². The van der Waals surface area contributed by atoms with E-state index >= 15 is 0 Å². The summed E-state index contributed by atoms with van der Waals surface area (Å²) in [5, 5.41) is 4.92. The summed E-state index contributed by atoms with van der Waals surface area (Å²) >= 11 is 0. The third kappa shape index (κ3) is 1.58. The van der Waals surface area contributed by atoms with E-state index in [2.05, 4.69) is 61.5 Å². The van der Waals surface area contributed by atoms with Gasteiger partial charge in [0.2, 0.25) is 0 Å². The monoisotopic (exact) mass is 299 g/mol. The number of benzene rings is 3. The number of ether oxygens (including phenoxy) is 1. The molecule has 0 radical (unpaired) electrons. The lowest BCUT2D eigenvalue weighted by molar-refractivity contribution is 0.174. The summed E-state index contributed by atoms with van der Waals surface area (Å²) in [5.74, 6) is 0.839. The Balaban J connectivity index is 2.05. The maximum atomic E-state index is 6.40. The van der Waals surface area contributed by atoms with E-state index < -0.39 is 0 Å². The van der Waals surface area contributed by atoms with Crippen LogP contribution in [-0.2, 0) is 0 Å². The zero-order valence-corrected chi connectivity index (χ0v) is 13.0. The second kappa shape index (κ2) is 4.17. The van der Waals surface area contributed by atoms with Gasteiger partial charge < -0.3 is 10.5 Å². The fourth-order valence-electron chi connectivity index (χ4n) is 4.02. The summed E-state index contributed by atoms with van der Waals surface area (Å²) in [5.41, 5.74) is 9.15. The molecule has 0 bridgehead atoms. The normalized spacial score (nSPS) is 21.2. The van der Waals surface area contributed by atoms with Gasteiger partial charge in [-0.1, -0.05) is 54.6 Å². The second-order valence-electron chi connectivity index (χ2n) is 6.59. The zero-order valence-electron chi connectivity index (χ0n) is 13.0. The van der Waals surface area contributed by atoms with Crippen molar-refractivity contribution in [2.75, 3.05) is 5.73 Å². The highest BCUT2D eigenvalue weighted by Gasteiger charge is 2.43. The van der Waals surface area contributed by atoms with Crippen LogP contribution in [0.25, 0.3) is 22.4 Å². The van der Waals surface area contributed by atoms with Crippen LogP contribution in [0.1, 0.15) is 18.9 Å². The third-order valence-corrected chi connectivity index (χ3v) is 5.08. The van der Waals surface area contributed by atoms with Gasteiger partial charge in [-0.05, 0) is 34.2 Å². The predicted molar refractivity (Wildman–Crippen MR) is 94.7 cm³/mol. The van der Waals surface area contributed by atoms with Crippen molar-refractivity contribution in [1.29, 1.82) is 0 Å². The fourth-order valence-corrected chi connectivity index (χ4v) is 4.02. The molecule has 2 heteroatoms. The van der Waals surface area contributed by atoms with Crippen molar-refractivity contribution in [3.8, 4) is 5.75 Å². The molecule has 5 rings (SSSR count). The Morgan fingerprint density at radius 1 is 1.04 bits per heavy atom. The lowest BCUT2D eigenvalue weighted by Crippen LogP contribution is -2.41. The average Bonchev–Trinajstić information content (AvgIpc) is 2.90. The summed E-state index contributed by atoms with van der Waals surface area (Å²) in [6, 6.07) is 19.0. The van der Waals surface area contributed by atoms with Crippen LogP contribution in [-0.4, -0.2) is 5.60 Å². The maximum Gasteiger partial charge on any atom is 0.151 e. The Kier molecular flexibility index (Phi) is 2.31. The number of fused-ring (bicyclic) bond motifs is 6. The number of nitrogens with two attached hydrogens (primary N) is 1. The Morgan fingerprint density at radius 2 is 1.83 bits per heavy atom. The second-order valence-corrected chi connectivity index (χ2v) is 6.59. The van der Waals surface area contributed by atoms with Gasteiger partial charge in [0.1, 0.15) is 5.60 Å². The molecule has 0 spiro atoms. The van der Waals surface area contributed by atoms with Gasteiger partial charge in [0.05, 0.1) is 5.69 Å². The van der Waals surface area contributed by atoms with E-state index in [0.717, 1.165) is 23.2 Å². The van der Waals surface area contributed by atoms with Crippen LogP contribution in [0.2, 0.25) is 0 Å². The summed E-state index contributed by atoms with van der Waals surface area (Å²) in [6.07, 6.45) is 3.13. The summed E-state index contributed by atoms with van der Waals surface area (Å²) in [4.78, 5) is 0. The fraction of sp³-hybridized carbons (Fsp3) is 0.143. The van der Waals surface area contributed by atoms with E-state index in [1.165, 1.54) is 27.0 Å². The van der Waals surface area contributed by atoms with E-state index in [9.17, 15) is 0 Å². The standard InChI is InChI=1S/C21H17NO/c1-21-11-10-13-6-2-5-9-16(13)19(21)18-15-8-4-3-7-14(15)12-17(22)20(18)23-21/h2-10,12H,11,22H2,1H3. The molecule has 0 aromatic heterocycles. The quantitative estimate of drug-likeness (QED) is 0.648. The van der Waals surface area contributed by atoms with Gasteiger partial charge in [-0.3, -0.25) is 0 Å². The molecule has 23 heavy (non-hydrogen) atoms.